The van der Waals surface area contributed by atoms with E-state index in [0.717, 1.165) is 15.2 Å². The SMILES string of the molecule is O=Cc1c(O)c2ncccc2n(Cc2nc3ccccc3s2)c1=O. The summed E-state index contributed by atoms with van der Waals surface area (Å²) in [7, 11) is 0. The summed E-state index contributed by atoms with van der Waals surface area (Å²) in [6.07, 6.45) is 1.86. The van der Waals surface area contributed by atoms with Gasteiger partial charge in [0.2, 0.25) is 0 Å². The number of aldehydes is 1. The van der Waals surface area contributed by atoms with Crippen LogP contribution in [0.4, 0.5) is 0 Å². The Balaban J connectivity index is 1.95. The topological polar surface area (TPSA) is 85.1 Å². The number of fused-ring (bicyclic) bond motifs is 2. The van der Waals surface area contributed by atoms with Gasteiger partial charge in [-0.2, -0.15) is 0 Å². The van der Waals surface area contributed by atoms with E-state index < -0.39 is 5.56 Å². The van der Waals surface area contributed by atoms with Gasteiger partial charge in [-0.3, -0.25) is 19.1 Å². The molecule has 0 saturated carbocycles. The Morgan fingerprint density at radius 3 is 2.83 bits per heavy atom. The third-order valence-corrected chi connectivity index (χ3v) is 4.80. The van der Waals surface area contributed by atoms with Crippen molar-refractivity contribution in [3.63, 3.8) is 0 Å². The van der Waals surface area contributed by atoms with Crippen LogP contribution in [0.2, 0.25) is 0 Å². The molecule has 1 N–H and O–H groups in total. The van der Waals surface area contributed by atoms with Crippen LogP contribution in [0.15, 0.2) is 47.4 Å². The zero-order chi connectivity index (χ0) is 16.7. The molecule has 3 heterocycles. The van der Waals surface area contributed by atoms with E-state index in [1.54, 1.807) is 12.1 Å². The van der Waals surface area contributed by atoms with Crippen LogP contribution < -0.4 is 5.56 Å². The first kappa shape index (κ1) is 14.5. The lowest BCUT2D eigenvalue weighted by Gasteiger charge is -2.10. The summed E-state index contributed by atoms with van der Waals surface area (Å²) in [5.41, 5.74) is 0.706. The summed E-state index contributed by atoms with van der Waals surface area (Å²) in [4.78, 5) is 32.4. The van der Waals surface area contributed by atoms with Gasteiger partial charge in [-0.1, -0.05) is 12.1 Å². The summed E-state index contributed by atoms with van der Waals surface area (Å²) in [6, 6.07) is 11.1. The second-order valence-electron chi connectivity index (χ2n) is 5.22. The molecule has 0 aliphatic rings. The van der Waals surface area contributed by atoms with Gasteiger partial charge in [0, 0.05) is 6.20 Å². The van der Waals surface area contributed by atoms with Gasteiger partial charge in [0.05, 0.1) is 22.3 Å². The molecule has 0 amide bonds. The van der Waals surface area contributed by atoms with Crippen LogP contribution in [-0.4, -0.2) is 25.9 Å². The summed E-state index contributed by atoms with van der Waals surface area (Å²) < 4.78 is 2.45. The molecule has 0 spiro atoms. The molecule has 0 radical (unpaired) electrons. The smallest absolute Gasteiger partial charge is 0.265 e. The number of hydrogen-bond acceptors (Lipinski definition) is 6. The molecule has 24 heavy (non-hydrogen) atoms. The minimum atomic E-state index is -0.553. The lowest BCUT2D eigenvalue weighted by molar-refractivity contribution is 0.111. The molecule has 4 rings (SSSR count). The fourth-order valence-electron chi connectivity index (χ4n) is 2.67. The van der Waals surface area contributed by atoms with E-state index in [1.807, 2.05) is 24.3 Å². The van der Waals surface area contributed by atoms with E-state index in [9.17, 15) is 14.7 Å². The Bertz CT molecular complexity index is 1110. The number of hydrogen-bond donors (Lipinski definition) is 1. The summed E-state index contributed by atoms with van der Waals surface area (Å²) in [5, 5.41) is 10.9. The number of nitrogens with zero attached hydrogens (tertiary/aromatic N) is 3. The number of benzene rings is 1. The third kappa shape index (κ3) is 2.17. The van der Waals surface area contributed by atoms with E-state index in [4.69, 9.17) is 0 Å². The maximum Gasteiger partial charge on any atom is 0.265 e. The summed E-state index contributed by atoms with van der Waals surface area (Å²) in [5.74, 6) is -0.383. The number of aromatic nitrogens is 3. The number of aromatic hydroxyl groups is 1. The second-order valence-corrected chi connectivity index (χ2v) is 6.33. The van der Waals surface area contributed by atoms with Crippen LogP contribution in [0.25, 0.3) is 21.3 Å². The number of thiazole rings is 1. The lowest BCUT2D eigenvalue weighted by atomic mass is 10.2. The minimum Gasteiger partial charge on any atom is -0.505 e. The maximum absolute atomic E-state index is 12.6. The summed E-state index contributed by atoms with van der Waals surface area (Å²) >= 11 is 1.48. The molecule has 0 saturated heterocycles. The number of carbonyl (C=O) groups excluding carboxylic acids is 1. The van der Waals surface area contributed by atoms with Gasteiger partial charge < -0.3 is 5.11 Å². The first-order valence-corrected chi connectivity index (χ1v) is 8.01. The average molecular weight is 337 g/mol. The van der Waals surface area contributed by atoms with Crippen molar-refractivity contribution in [1.29, 1.82) is 0 Å². The zero-order valence-electron chi connectivity index (χ0n) is 12.3. The van der Waals surface area contributed by atoms with Gasteiger partial charge in [-0.05, 0) is 24.3 Å². The van der Waals surface area contributed by atoms with Gasteiger partial charge in [-0.15, -0.1) is 11.3 Å². The predicted octanol–water partition coefficient (Wildman–Crippen LogP) is 2.57. The molecule has 4 aromatic rings. The Labute approximate surface area is 139 Å². The van der Waals surface area contributed by atoms with E-state index >= 15 is 0 Å². The first-order valence-electron chi connectivity index (χ1n) is 7.19. The largest absolute Gasteiger partial charge is 0.505 e. The highest BCUT2D eigenvalue weighted by atomic mass is 32.1. The van der Waals surface area contributed by atoms with E-state index in [0.29, 0.717) is 11.8 Å². The van der Waals surface area contributed by atoms with Crippen molar-refractivity contribution in [3.8, 4) is 5.75 Å². The zero-order valence-corrected chi connectivity index (χ0v) is 13.2. The Morgan fingerprint density at radius 2 is 2.04 bits per heavy atom. The Kier molecular flexibility index (Phi) is 3.35. The first-order chi connectivity index (χ1) is 11.7. The monoisotopic (exact) mass is 337 g/mol. The third-order valence-electron chi connectivity index (χ3n) is 3.78. The van der Waals surface area contributed by atoms with Gasteiger partial charge >= 0.3 is 0 Å². The number of para-hydroxylation sites is 1. The van der Waals surface area contributed by atoms with Crippen molar-refractivity contribution < 1.29 is 9.90 Å². The fourth-order valence-corrected chi connectivity index (χ4v) is 3.62. The van der Waals surface area contributed by atoms with Gasteiger partial charge in [0.1, 0.15) is 16.1 Å². The quantitative estimate of drug-likeness (QED) is 0.581. The molecular formula is C17H11N3O3S. The lowest BCUT2D eigenvalue weighted by Crippen LogP contribution is -2.25. The molecule has 0 atom stereocenters. The van der Waals surface area contributed by atoms with E-state index in [2.05, 4.69) is 9.97 Å². The maximum atomic E-state index is 12.6. The number of pyridine rings is 2. The van der Waals surface area contributed by atoms with Crippen molar-refractivity contribution in [3.05, 3.63) is 63.5 Å². The summed E-state index contributed by atoms with van der Waals surface area (Å²) in [6.45, 7) is 0.210. The highest BCUT2D eigenvalue weighted by Crippen LogP contribution is 2.26. The van der Waals surface area contributed by atoms with Gasteiger partial charge in [-0.25, -0.2) is 4.98 Å². The molecule has 0 bridgehead atoms. The normalized spacial score (nSPS) is 11.2. The average Bonchev–Trinajstić information content (AvgIpc) is 3.02. The van der Waals surface area contributed by atoms with Crippen LogP contribution in [0.5, 0.6) is 5.75 Å². The molecular weight excluding hydrogens is 326 g/mol. The standard InChI is InChI=1S/C17H11N3O3S/c21-9-10-16(22)15-12(5-3-7-18-15)20(17(10)23)8-14-19-11-4-1-2-6-13(11)24-14/h1-7,9,22H,8H2. The van der Waals surface area contributed by atoms with Crippen LogP contribution in [0.1, 0.15) is 15.4 Å². The minimum absolute atomic E-state index is 0.210. The molecule has 1 aromatic carbocycles. The van der Waals surface area contributed by atoms with E-state index in [1.165, 1.54) is 22.1 Å². The Hall–Kier alpha value is -3.06. The predicted molar refractivity (Wildman–Crippen MR) is 91.8 cm³/mol. The molecule has 0 aliphatic heterocycles. The highest BCUT2D eigenvalue weighted by Gasteiger charge is 2.17. The molecule has 118 valence electrons. The van der Waals surface area contributed by atoms with Crippen LogP contribution in [-0.2, 0) is 6.54 Å². The van der Waals surface area contributed by atoms with Gasteiger partial charge in [0.25, 0.3) is 5.56 Å². The Morgan fingerprint density at radius 1 is 1.21 bits per heavy atom. The molecule has 0 unspecified atom stereocenters. The molecule has 7 heteroatoms. The number of rotatable bonds is 3. The van der Waals surface area contributed by atoms with Crippen molar-refractivity contribution in [2.45, 2.75) is 6.54 Å². The van der Waals surface area contributed by atoms with Crippen LogP contribution >= 0.6 is 11.3 Å². The highest BCUT2D eigenvalue weighted by molar-refractivity contribution is 7.18. The molecule has 0 aliphatic carbocycles. The van der Waals surface area contributed by atoms with Crippen molar-refractivity contribution in [1.82, 2.24) is 14.5 Å². The van der Waals surface area contributed by atoms with Gasteiger partial charge in [0.15, 0.2) is 12.0 Å². The van der Waals surface area contributed by atoms with Crippen molar-refractivity contribution in [2.75, 3.05) is 0 Å². The molecule has 3 aromatic heterocycles. The van der Waals surface area contributed by atoms with Crippen molar-refractivity contribution in [2.24, 2.45) is 0 Å². The second kappa shape index (κ2) is 5.54. The fraction of sp³-hybridized carbons (Fsp3) is 0.0588. The van der Waals surface area contributed by atoms with Crippen LogP contribution in [0.3, 0.4) is 0 Å². The molecule has 6 nitrogen and oxygen atoms in total. The van der Waals surface area contributed by atoms with E-state index in [-0.39, 0.29) is 23.4 Å². The number of carbonyl (C=O) groups is 1. The van der Waals surface area contributed by atoms with Crippen LogP contribution in [0, 0.1) is 0 Å². The van der Waals surface area contributed by atoms with Crippen molar-refractivity contribution >= 4 is 38.9 Å². The molecule has 0 fully saturated rings.